The van der Waals surface area contributed by atoms with E-state index in [-0.39, 0.29) is 11.3 Å². The van der Waals surface area contributed by atoms with E-state index >= 15 is 0 Å². The van der Waals surface area contributed by atoms with Crippen LogP contribution in [0.2, 0.25) is 0 Å². The number of oxime groups is 1. The Balaban J connectivity index is 3.83. The van der Waals surface area contributed by atoms with Crippen LogP contribution in [-0.2, 0) is 0 Å². The fourth-order valence-electron chi connectivity index (χ4n) is 0.966. The van der Waals surface area contributed by atoms with Gasteiger partial charge >= 0.3 is 0 Å². The molecule has 0 saturated carbocycles. The van der Waals surface area contributed by atoms with Crippen molar-refractivity contribution in [2.45, 2.75) is 27.2 Å². The van der Waals surface area contributed by atoms with Gasteiger partial charge in [0.1, 0.15) is 5.84 Å². The van der Waals surface area contributed by atoms with Crippen LogP contribution in [0, 0.1) is 5.41 Å². The summed E-state index contributed by atoms with van der Waals surface area (Å²) < 4.78 is 0. The van der Waals surface area contributed by atoms with E-state index in [4.69, 9.17) is 10.9 Å². The molecule has 0 aromatic heterocycles. The summed E-state index contributed by atoms with van der Waals surface area (Å²) in [5, 5.41) is 14.8. The molecule has 0 aliphatic rings. The zero-order chi connectivity index (χ0) is 11.2. The van der Waals surface area contributed by atoms with E-state index in [0.717, 1.165) is 25.1 Å². The highest BCUT2D eigenvalue weighted by atomic mass is 16.4. The fourth-order valence-corrected chi connectivity index (χ4v) is 0.966. The first kappa shape index (κ1) is 13.0. The van der Waals surface area contributed by atoms with Crippen LogP contribution in [-0.4, -0.2) is 24.1 Å². The Bertz CT molecular complexity index is 221. The lowest BCUT2D eigenvalue weighted by Crippen LogP contribution is -2.35. The highest BCUT2D eigenvalue weighted by molar-refractivity contribution is 5.85. The maximum atomic E-state index is 8.54. The van der Waals surface area contributed by atoms with Crippen molar-refractivity contribution in [2.75, 3.05) is 13.1 Å². The van der Waals surface area contributed by atoms with Gasteiger partial charge in [-0.1, -0.05) is 31.2 Å². The first-order valence-electron chi connectivity index (χ1n) is 4.73. The highest BCUT2D eigenvalue weighted by Crippen LogP contribution is 2.19. The zero-order valence-electron chi connectivity index (χ0n) is 9.30. The zero-order valence-corrected chi connectivity index (χ0v) is 9.30. The second kappa shape index (κ2) is 5.65. The SMILES string of the molecule is C=C(C)CNCCC(C)(C)C(N)=NO. The van der Waals surface area contributed by atoms with Gasteiger partial charge in [-0.2, -0.15) is 0 Å². The van der Waals surface area contributed by atoms with Crippen molar-refractivity contribution >= 4 is 5.84 Å². The number of hydrogen-bond donors (Lipinski definition) is 3. The summed E-state index contributed by atoms with van der Waals surface area (Å²) in [5.74, 6) is 0.273. The van der Waals surface area contributed by atoms with Crippen LogP contribution >= 0.6 is 0 Å². The van der Waals surface area contributed by atoms with Crippen LogP contribution in [0.1, 0.15) is 27.2 Å². The van der Waals surface area contributed by atoms with Gasteiger partial charge in [0.25, 0.3) is 0 Å². The van der Waals surface area contributed by atoms with Gasteiger partial charge in [0.15, 0.2) is 0 Å². The molecule has 0 unspecified atom stereocenters. The Hall–Kier alpha value is -1.03. The summed E-state index contributed by atoms with van der Waals surface area (Å²) in [6.07, 6.45) is 0.830. The number of amidine groups is 1. The van der Waals surface area contributed by atoms with Gasteiger partial charge in [-0.25, -0.2) is 0 Å². The lowest BCUT2D eigenvalue weighted by molar-refractivity contribution is 0.305. The van der Waals surface area contributed by atoms with Gasteiger partial charge in [0, 0.05) is 12.0 Å². The quantitative estimate of drug-likeness (QED) is 0.151. The summed E-state index contributed by atoms with van der Waals surface area (Å²) in [6.45, 7) is 11.3. The molecule has 0 amide bonds. The summed E-state index contributed by atoms with van der Waals surface area (Å²) in [5.41, 5.74) is 6.38. The molecule has 4 nitrogen and oxygen atoms in total. The van der Waals surface area contributed by atoms with Crippen molar-refractivity contribution in [3.8, 4) is 0 Å². The van der Waals surface area contributed by atoms with Crippen LogP contribution in [0.25, 0.3) is 0 Å². The third-order valence-electron chi connectivity index (χ3n) is 2.15. The number of nitrogens with two attached hydrogens (primary N) is 1. The Morgan fingerprint density at radius 2 is 2.14 bits per heavy atom. The molecular formula is C10H21N3O. The first-order valence-corrected chi connectivity index (χ1v) is 4.73. The molecule has 0 heterocycles. The predicted octanol–water partition coefficient (Wildman–Crippen LogP) is 1.31. The molecule has 82 valence electrons. The molecular weight excluding hydrogens is 178 g/mol. The number of nitrogens with one attached hydrogen (secondary N) is 1. The van der Waals surface area contributed by atoms with E-state index in [0.29, 0.717) is 0 Å². The van der Waals surface area contributed by atoms with Crippen LogP contribution in [0.3, 0.4) is 0 Å². The van der Waals surface area contributed by atoms with Crippen molar-refractivity contribution in [3.63, 3.8) is 0 Å². The molecule has 0 aliphatic heterocycles. The molecule has 0 bridgehead atoms. The summed E-state index contributed by atoms with van der Waals surface area (Å²) in [7, 11) is 0. The molecule has 0 fully saturated rings. The second-order valence-corrected chi connectivity index (χ2v) is 4.25. The van der Waals surface area contributed by atoms with E-state index < -0.39 is 0 Å². The Kier molecular flexibility index (Phi) is 5.23. The molecule has 14 heavy (non-hydrogen) atoms. The maximum absolute atomic E-state index is 8.54. The van der Waals surface area contributed by atoms with Gasteiger partial charge in [-0.05, 0) is 19.9 Å². The maximum Gasteiger partial charge on any atom is 0.144 e. The standard InChI is InChI=1S/C10H21N3O/c1-8(2)7-12-6-5-10(3,4)9(11)13-14/h12,14H,1,5-7H2,2-4H3,(H2,11,13). The molecule has 0 rings (SSSR count). The van der Waals surface area contributed by atoms with Gasteiger partial charge in [-0.3, -0.25) is 0 Å². The Morgan fingerprint density at radius 1 is 1.57 bits per heavy atom. The van der Waals surface area contributed by atoms with Crippen molar-refractivity contribution in [1.82, 2.24) is 5.32 Å². The number of nitrogens with zero attached hydrogens (tertiary/aromatic N) is 1. The van der Waals surface area contributed by atoms with E-state index in [1.165, 1.54) is 0 Å². The predicted molar refractivity (Wildman–Crippen MR) is 59.5 cm³/mol. The van der Waals surface area contributed by atoms with Crippen molar-refractivity contribution in [1.29, 1.82) is 0 Å². The Labute approximate surface area is 85.9 Å². The van der Waals surface area contributed by atoms with Gasteiger partial charge in [0.2, 0.25) is 0 Å². The normalized spacial score (nSPS) is 12.9. The van der Waals surface area contributed by atoms with E-state index in [1.807, 2.05) is 20.8 Å². The molecule has 0 saturated heterocycles. The van der Waals surface area contributed by atoms with Gasteiger partial charge in [0.05, 0.1) is 0 Å². The average molecular weight is 199 g/mol. The number of hydrogen-bond acceptors (Lipinski definition) is 3. The molecule has 0 atom stereocenters. The molecule has 0 radical (unpaired) electrons. The van der Waals surface area contributed by atoms with E-state index in [2.05, 4.69) is 17.1 Å². The lowest BCUT2D eigenvalue weighted by atomic mass is 9.88. The van der Waals surface area contributed by atoms with Gasteiger partial charge in [-0.15, -0.1) is 0 Å². The number of rotatable bonds is 6. The van der Waals surface area contributed by atoms with E-state index in [9.17, 15) is 0 Å². The molecule has 0 aromatic carbocycles. The minimum atomic E-state index is -0.267. The van der Waals surface area contributed by atoms with Crippen LogP contribution in [0.15, 0.2) is 17.3 Å². The Morgan fingerprint density at radius 3 is 2.57 bits per heavy atom. The summed E-state index contributed by atoms with van der Waals surface area (Å²) in [6, 6.07) is 0. The molecule has 0 aromatic rings. The second-order valence-electron chi connectivity index (χ2n) is 4.25. The van der Waals surface area contributed by atoms with Crippen LogP contribution in [0.5, 0.6) is 0 Å². The van der Waals surface area contributed by atoms with E-state index in [1.54, 1.807) is 0 Å². The first-order chi connectivity index (χ1) is 6.40. The molecule has 0 aliphatic carbocycles. The highest BCUT2D eigenvalue weighted by Gasteiger charge is 2.22. The minimum Gasteiger partial charge on any atom is -0.409 e. The molecule has 0 spiro atoms. The molecule has 4 N–H and O–H groups in total. The smallest absolute Gasteiger partial charge is 0.144 e. The summed E-state index contributed by atoms with van der Waals surface area (Å²) >= 11 is 0. The molecule has 4 heteroatoms. The van der Waals surface area contributed by atoms with Crippen LogP contribution in [0.4, 0.5) is 0 Å². The van der Waals surface area contributed by atoms with Gasteiger partial charge < -0.3 is 16.3 Å². The van der Waals surface area contributed by atoms with Crippen molar-refractivity contribution in [2.24, 2.45) is 16.3 Å². The largest absolute Gasteiger partial charge is 0.409 e. The summed E-state index contributed by atoms with van der Waals surface area (Å²) in [4.78, 5) is 0. The lowest BCUT2D eigenvalue weighted by Gasteiger charge is -2.22. The fraction of sp³-hybridized carbons (Fsp3) is 0.700. The minimum absolute atomic E-state index is 0.267. The third kappa shape index (κ3) is 4.87. The average Bonchev–Trinajstić information content (AvgIpc) is 2.10. The topological polar surface area (TPSA) is 70.6 Å². The van der Waals surface area contributed by atoms with Crippen LogP contribution < -0.4 is 11.1 Å². The third-order valence-corrected chi connectivity index (χ3v) is 2.15. The van der Waals surface area contributed by atoms with Crippen molar-refractivity contribution < 1.29 is 5.21 Å². The monoisotopic (exact) mass is 199 g/mol. The van der Waals surface area contributed by atoms with Crippen molar-refractivity contribution in [3.05, 3.63) is 12.2 Å².